The number of nitrogens with zero attached hydrogens (tertiary/aromatic N) is 2. The molecule has 0 radical (unpaired) electrons. The molecule has 0 aromatic rings. The van der Waals surface area contributed by atoms with Crippen molar-refractivity contribution >= 4 is 18.2 Å². The summed E-state index contributed by atoms with van der Waals surface area (Å²) < 4.78 is 10.3. The Morgan fingerprint density at radius 1 is 1.38 bits per heavy atom. The maximum absolute atomic E-state index is 12.3. The van der Waals surface area contributed by atoms with Crippen LogP contribution in [0, 0.1) is 0 Å². The number of ether oxygens (including phenoxy) is 2. The van der Waals surface area contributed by atoms with Crippen LogP contribution >= 0.6 is 0 Å². The van der Waals surface area contributed by atoms with Crippen LogP contribution in [0.25, 0.3) is 0 Å². The molecule has 1 fully saturated rings. The van der Waals surface area contributed by atoms with E-state index >= 15 is 0 Å². The fourth-order valence-corrected chi connectivity index (χ4v) is 2.55. The van der Waals surface area contributed by atoms with Gasteiger partial charge in [-0.25, -0.2) is 14.4 Å². The zero-order valence-electron chi connectivity index (χ0n) is 14.7. The van der Waals surface area contributed by atoms with Gasteiger partial charge in [-0.15, -0.1) is 0 Å². The van der Waals surface area contributed by atoms with Crippen molar-refractivity contribution in [1.82, 2.24) is 9.80 Å². The molecule has 0 bridgehead atoms. The van der Waals surface area contributed by atoms with Crippen molar-refractivity contribution in [1.29, 1.82) is 0 Å². The van der Waals surface area contributed by atoms with E-state index in [0.29, 0.717) is 6.54 Å². The molecule has 0 saturated carbocycles. The Labute approximate surface area is 142 Å². The van der Waals surface area contributed by atoms with Crippen molar-refractivity contribution in [2.45, 2.75) is 51.8 Å². The first kappa shape index (κ1) is 19.8. The summed E-state index contributed by atoms with van der Waals surface area (Å²) in [5, 5.41) is 9.35. The Hall–Kier alpha value is -2.25. The number of carbonyl (C=O) groups is 3. The van der Waals surface area contributed by atoms with Crippen LogP contribution < -0.4 is 0 Å². The molecule has 1 heterocycles. The van der Waals surface area contributed by atoms with Crippen molar-refractivity contribution in [2.75, 3.05) is 19.7 Å². The summed E-state index contributed by atoms with van der Waals surface area (Å²) in [5.74, 6) is -1.13. The number of carbonyl (C=O) groups excluding carboxylic acids is 2. The van der Waals surface area contributed by atoms with E-state index in [4.69, 9.17) is 9.47 Å². The second-order valence-corrected chi connectivity index (χ2v) is 6.53. The third kappa shape index (κ3) is 5.14. The predicted molar refractivity (Wildman–Crippen MR) is 86.7 cm³/mol. The Kier molecular flexibility index (Phi) is 6.62. The Morgan fingerprint density at radius 3 is 2.46 bits per heavy atom. The van der Waals surface area contributed by atoms with E-state index in [-0.39, 0.29) is 19.6 Å². The first-order valence-corrected chi connectivity index (χ1v) is 7.87. The van der Waals surface area contributed by atoms with E-state index in [9.17, 15) is 19.5 Å². The number of hydrogen-bond donors (Lipinski definition) is 1. The van der Waals surface area contributed by atoms with Crippen molar-refractivity contribution in [3.8, 4) is 0 Å². The molecule has 24 heavy (non-hydrogen) atoms. The molecule has 136 valence electrons. The molecule has 8 nitrogen and oxygen atoms in total. The normalized spacial score (nSPS) is 20.4. The van der Waals surface area contributed by atoms with E-state index in [0.717, 1.165) is 4.90 Å². The van der Waals surface area contributed by atoms with Crippen LogP contribution in [0.2, 0.25) is 0 Å². The fraction of sp³-hybridized carbons (Fsp3) is 0.688. The molecule has 0 aromatic heterocycles. The van der Waals surface area contributed by atoms with Gasteiger partial charge in [-0.05, 0) is 27.7 Å². The van der Waals surface area contributed by atoms with Gasteiger partial charge in [-0.2, -0.15) is 0 Å². The third-order valence-electron chi connectivity index (χ3n) is 3.53. The van der Waals surface area contributed by atoms with Crippen LogP contribution in [0.1, 0.15) is 34.1 Å². The van der Waals surface area contributed by atoms with Crippen LogP contribution in [-0.2, 0) is 14.3 Å². The van der Waals surface area contributed by atoms with E-state index in [1.807, 2.05) is 0 Å². The average Bonchev–Trinajstić information content (AvgIpc) is 2.88. The van der Waals surface area contributed by atoms with E-state index in [1.165, 1.54) is 11.0 Å². The maximum atomic E-state index is 12.3. The highest BCUT2D eigenvalue weighted by atomic mass is 16.6. The molecule has 1 aliphatic heterocycles. The van der Waals surface area contributed by atoms with Crippen LogP contribution in [0.15, 0.2) is 12.7 Å². The quantitative estimate of drug-likeness (QED) is 0.769. The van der Waals surface area contributed by atoms with E-state index in [1.54, 1.807) is 27.7 Å². The van der Waals surface area contributed by atoms with Gasteiger partial charge in [0.2, 0.25) is 0 Å². The number of hydrogen-bond acceptors (Lipinski definition) is 5. The molecule has 0 unspecified atom stereocenters. The predicted octanol–water partition coefficient (Wildman–Crippen LogP) is 2.09. The molecule has 1 rings (SSSR count). The third-order valence-corrected chi connectivity index (χ3v) is 3.53. The number of likely N-dealkylation sites (tertiary alicyclic amines) is 1. The summed E-state index contributed by atoms with van der Waals surface area (Å²) in [6, 6.07) is -1.48. The second-order valence-electron chi connectivity index (χ2n) is 6.53. The monoisotopic (exact) mass is 342 g/mol. The molecule has 1 N–H and O–H groups in total. The summed E-state index contributed by atoms with van der Waals surface area (Å²) in [4.78, 5) is 38.4. The summed E-state index contributed by atoms with van der Waals surface area (Å²) in [6.45, 7) is 10.9. The van der Waals surface area contributed by atoms with Gasteiger partial charge in [0.05, 0.1) is 6.04 Å². The molecular formula is C16H26N2O6. The van der Waals surface area contributed by atoms with Crippen LogP contribution in [0.3, 0.4) is 0 Å². The Bertz CT molecular complexity index is 499. The minimum Gasteiger partial charge on any atom is -0.480 e. The highest BCUT2D eigenvalue weighted by Gasteiger charge is 2.44. The lowest BCUT2D eigenvalue weighted by Gasteiger charge is -2.30. The highest BCUT2D eigenvalue weighted by molar-refractivity contribution is 5.81. The lowest BCUT2D eigenvalue weighted by molar-refractivity contribution is -0.141. The first-order valence-electron chi connectivity index (χ1n) is 7.87. The fourth-order valence-electron chi connectivity index (χ4n) is 2.55. The molecule has 0 aliphatic carbocycles. The number of carboxylic acids is 1. The van der Waals surface area contributed by atoms with Crippen LogP contribution in [0.4, 0.5) is 9.59 Å². The summed E-state index contributed by atoms with van der Waals surface area (Å²) in [7, 11) is 0. The van der Waals surface area contributed by atoms with Gasteiger partial charge < -0.3 is 19.5 Å². The van der Waals surface area contributed by atoms with Gasteiger partial charge in [0, 0.05) is 19.5 Å². The lowest BCUT2D eigenvalue weighted by atomic mass is 10.1. The van der Waals surface area contributed by atoms with Crippen molar-refractivity contribution < 1.29 is 29.0 Å². The summed E-state index contributed by atoms with van der Waals surface area (Å²) in [5.41, 5.74) is -0.655. The smallest absolute Gasteiger partial charge is 0.410 e. The van der Waals surface area contributed by atoms with Gasteiger partial charge in [0.25, 0.3) is 0 Å². The maximum Gasteiger partial charge on any atom is 0.410 e. The summed E-state index contributed by atoms with van der Waals surface area (Å²) in [6.07, 6.45) is 0.275. The van der Waals surface area contributed by atoms with Crippen molar-refractivity contribution in [2.24, 2.45) is 0 Å². The molecule has 1 saturated heterocycles. The largest absolute Gasteiger partial charge is 0.480 e. The summed E-state index contributed by atoms with van der Waals surface area (Å²) >= 11 is 0. The van der Waals surface area contributed by atoms with Crippen LogP contribution in [0.5, 0.6) is 0 Å². The average molecular weight is 342 g/mol. The minimum absolute atomic E-state index is 0.00407. The molecule has 0 aromatic carbocycles. The Balaban J connectivity index is 2.88. The van der Waals surface area contributed by atoms with Gasteiger partial charge >= 0.3 is 18.2 Å². The SMILES string of the molecule is C=CCOC(=O)N1C[C@H](N(CC)C(=O)OC(C)(C)C)C[C@H]1C(=O)O. The number of likely N-dealkylation sites (N-methyl/N-ethyl adjacent to an activating group) is 1. The van der Waals surface area contributed by atoms with E-state index in [2.05, 4.69) is 6.58 Å². The number of rotatable bonds is 5. The van der Waals surface area contributed by atoms with Gasteiger partial charge in [-0.1, -0.05) is 12.7 Å². The topological polar surface area (TPSA) is 96.4 Å². The standard InChI is InChI=1S/C16H26N2O6/c1-6-8-23-14(21)18-10-11(9-12(18)13(19)20)17(7-2)15(22)24-16(3,4)5/h6,11-12H,1,7-10H2,2-5H3,(H,19,20)/t11-,12+/m1/s1. The molecule has 2 amide bonds. The van der Waals surface area contributed by atoms with Crippen LogP contribution in [-0.4, -0.2) is 70.4 Å². The van der Waals surface area contributed by atoms with Crippen molar-refractivity contribution in [3.63, 3.8) is 0 Å². The number of carboxylic acid groups (broad SMARTS) is 1. The van der Waals surface area contributed by atoms with Gasteiger partial charge in [0.1, 0.15) is 18.2 Å². The van der Waals surface area contributed by atoms with E-state index < -0.39 is 35.8 Å². The van der Waals surface area contributed by atoms with Gasteiger partial charge in [0.15, 0.2) is 0 Å². The number of amides is 2. The first-order chi connectivity index (χ1) is 11.1. The molecule has 1 aliphatic rings. The molecule has 2 atom stereocenters. The zero-order valence-corrected chi connectivity index (χ0v) is 14.7. The Morgan fingerprint density at radius 2 is 2.00 bits per heavy atom. The van der Waals surface area contributed by atoms with Gasteiger partial charge in [-0.3, -0.25) is 4.90 Å². The zero-order chi connectivity index (χ0) is 18.5. The lowest BCUT2D eigenvalue weighted by Crippen LogP contribution is -2.45. The molecule has 0 spiro atoms. The second kappa shape index (κ2) is 8.03. The number of aliphatic carboxylic acids is 1. The molecular weight excluding hydrogens is 316 g/mol. The molecule has 8 heteroatoms. The van der Waals surface area contributed by atoms with Crippen molar-refractivity contribution in [3.05, 3.63) is 12.7 Å². The minimum atomic E-state index is -1.13. The highest BCUT2D eigenvalue weighted by Crippen LogP contribution is 2.25.